The van der Waals surface area contributed by atoms with Crippen molar-refractivity contribution in [3.63, 3.8) is 0 Å². The molecule has 1 aliphatic rings. The quantitative estimate of drug-likeness (QED) is 0.899. The van der Waals surface area contributed by atoms with E-state index in [0.29, 0.717) is 25.1 Å². The summed E-state index contributed by atoms with van der Waals surface area (Å²) in [7, 11) is -3.67. The number of hydrogen-bond acceptors (Lipinski definition) is 4. The molecule has 1 aromatic rings. The maximum absolute atomic E-state index is 12.8. The van der Waals surface area contributed by atoms with Crippen molar-refractivity contribution in [1.82, 2.24) is 4.31 Å². The third-order valence-electron chi connectivity index (χ3n) is 4.24. The molecule has 5 nitrogen and oxygen atoms in total. The number of benzene rings is 1. The summed E-state index contributed by atoms with van der Waals surface area (Å²) >= 11 is 0. The second-order valence-electron chi connectivity index (χ2n) is 6.28. The van der Waals surface area contributed by atoms with Gasteiger partial charge in [0.1, 0.15) is 11.0 Å². The molecule has 0 aliphatic carbocycles. The first-order valence-electron chi connectivity index (χ1n) is 6.95. The smallest absolute Gasteiger partial charge is 0.244 e. The fourth-order valence-corrected chi connectivity index (χ4v) is 4.51. The molecule has 0 bridgehead atoms. The van der Waals surface area contributed by atoms with E-state index in [9.17, 15) is 13.7 Å². The molecule has 1 fully saturated rings. The van der Waals surface area contributed by atoms with Gasteiger partial charge in [0.25, 0.3) is 0 Å². The molecule has 6 heteroatoms. The topological polar surface area (TPSA) is 87.2 Å². The summed E-state index contributed by atoms with van der Waals surface area (Å²) in [6.45, 7) is 6.45. The lowest BCUT2D eigenvalue weighted by molar-refractivity contribution is 0.155. The van der Waals surface area contributed by atoms with Gasteiger partial charge < -0.3 is 5.73 Å². The van der Waals surface area contributed by atoms with Crippen LogP contribution in [0, 0.1) is 23.7 Å². The predicted molar refractivity (Wildman–Crippen MR) is 81.0 cm³/mol. The Labute approximate surface area is 126 Å². The van der Waals surface area contributed by atoms with Gasteiger partial charge >= 0.3 is 0 Å². The molecule has 114 valence electrons. The molecule has 0 amide bonds. The standard InChI is InChI=1S/C15H21N3O2S/c1-11-5-4-6-13(12(11)9-16)21(19,20)18-8-7-14(17)15(2,3)10-18/h4-6,14H,7-8,10,17H2,1-3H3. The summed E-state index contributed by atoms with van der Waals surface area (Å²) in [6.07, 6.45) is 0.625. The highest BCUT2D eigenvalue weighted by molar-refractivity contribution is 7.89. The maximum Gasteiger partial charge on any atom is 0.244 e. The highest BCUT2D eigenvalue weighted by Gasteiger charge is 2.39. The largest absolute Gasteiger partial charge is 0.327 e. The lowest BCUT2D eigenvalue weighted by Gasteiger charge is -2.41. The van der Waals surface area contributed by atoms with Crippen LogP contribution in [0.4, 0.5) is 0 Å². The molecule has 1 saturated heterocycles. The molecule has 1 aromatic carbocycles. The Morgan fingerprint density at radius 1 is 1.43 bits per heavy atom. The van der Waals surface area contributed by atoms with E-state index in [1.807, 2.05) is 19.9 Å². The predicted octanol–water partition coefficient (Wildman–Crippen LogP) is 1.61. The van der Waals surface area contributed by atoms with Gasteiger partial charge in [-0.3, -0.25) is 0 Å². The Kier molecular flexibility index (Phi) is 4.11. The minimum Gasteiger partial charge on any atom is -0.327 e. The number of nitrogens with zero attached hydrogens (tertiary/aromatic N) is 2. The molecule has 2 rings (SSSR count). The molecular weight excluding hydrogens is 286 g/mol. The number of aryl methyl sites for hydroxylation is 1. The van der Waals surface area contributed by atoms with Crippen LogP contribution in [0.25, 0.3) is 0 Å². The summed E-state index contributed by atoms with van der Waals surface area (Å²) in [4.78, 5) is 0.0938. The number of piperidine rings is 1. The van der Waals surface area contributed by atoms with Crippen LogP contribution in [-0.2, 0) is 10.0 Å². The van der Waals surface area contributed by atoms with Gasteiger partial charge in [-0.1, -0.05) is 26.0 Å². The van der Waals surface area contributed by atoms with E-state index in [-0.39, 0.29) is 21.9 Å². The van der Waals surface area contributed by atoms with Gasteiger partial charge in [-0.25, -0.2) is 8.42 Å². The van der Waals surface area contributed by atoms with Crippen LogP contribution < -0.4 is 5.73 Å². The van der Waals surface area contributed by atoms with Gasteiger partial charge in [0.15, 0.2) is 0 Å². The Morgan fingerprint density at radius 2 is 2.10 bits per heavy atom. The van der Waals surface area contributed by atoms with Crippen LogP contribution in [0.15, 0.2) is 23.1 Å². The Balaban J connectivity index is 2.45. The summed E-state index contributed by atoms with van der Waals surface area (Å²) < 4.78 is 27.1. The average molecular weight is 307 g/mol. The molecule has 21 heavy (non-hydrogen) atoms. The monoisotopic (exact) mass is 307 g/mol. The van der Waals surface area contributed by atoms with Gasteiger partial charge in [-0.2, -0.15) is 9.57 Å². The van der Waals surface area contributed by atoms with Crippen molar-refractivity contribution in [2.45, 2.75) is 38.1 Å². The van der Waals surface area contributed by atoms with Crippen LogP contribution >= 0.6 is 0 Å². The summed E-state index contributed by atoms with van der Waals surface area (Å²) in [6, 6.07) is 6.91. The zero-order valence-electron chi connectivity index (χ0n) is 12.6. The Bertz CT molecular complexity index is 689. The first-order valence-corrected chi connectivity index (χ1v) is 8.39. The van der Waals surface area contributed by atoms with Gasteiger partial charge in [0.05, 0.1) is 5.56 Å². The van der Waals surface area contributed by atoms with Crippen LogP contribution in [0.3, 0.4) is 0 Å². The highest BCUT2D eigenvalue weighted by atomic mass is 32.2. The van der Waals surface area contributed by atoms with E-state index in [1.165, 1.54) is 10.4 Å². The highest BCUT2D eigenvalue weighted by Crippen LogP contribution is 2.32. The minimum absolute atomic E-state index is 0.0168. The molecule has 1 atom stereocenters. The van der Waals surface area contributed by atoms with Gasteiger partial charge in [-0.15, -0.1) is 0 Å². The van der Waals surface area contributed by atoms with E-state index in [2.05, 4.69) is 0 Å². The zero-order chi connectivity index (χ0) is 15.8. The number of sulfonamides is 1. The van der Waals surface area contributed by atoms with Crippen LogP contribution in [0.2, 0.25) is 0 Å². The normalized spacial score (nSPS) is 22.7. The van der Waals surface area contributed by atoms with E-state index in [0.717, 1.165) is 0 Å². The molecule has 2 N–H and O–H groups in total. The SMILES string of the molecule is Cc1cccc(S(=O)(=O)N2CCC(N)C(C)(C)C2)c1C#N. The van der Waals surface area contributed by atoms with Crippen molar-refractivity contribution in [3.05, 3.63) is 29.3 Å². The van der Waals surface area contributed by atoms with Crippen LogP contribution in [-0.4, -0.2) is 31.9 Å². The van der Waals surface area contributed by atoms with Crippen molar-refractivity contribution in [2.75, 3.05) is 13.1 Å². The Hall–Kier alpha value is -1.42. The summed E-state index contributed by atoms with van der Waals surface area (Å²) in [5, 5.41) is 9.25. The zero-order valence-corrected chi connectivity index (χ0v) is 13.4. The fourth-order valence-electron chi connectivity index (χ4n) is 2.67. The molecule has 1 unspecified atom stereocenters. The van der Waals surface area contributed by atoms with Gasteiger partial charge in [0, 0.05) is 19.1 Å². The summed E-state index contributed by atoms with van der Waals surface area (Å²) in [5.74, 6) is 0. The van der Waals surface area contributed by atoms with Crippen molar-refractivity contribution in [1.29, 1.82) is 5.26 Å². The van der Waals surface area contributed by atoms with Crippen molar-refractivity contribution in [3.8, 4) is 6.07 Å². The van der Waals surface area contributed by atoms with E-state index in [1.54, 1.807) is 19.1 Å². The Morgan fingerprint density at radius 3 is 2.67 bits per heavy atom. The molecule has 0 saturated carbocycles. The third-order valence-corrected chi connectivity index (χ3v) is 6.13. The number of rotatable bonds is 2. The van der Waals surface area contributed by atoms with Gasteiger partial charge in [-0.05, 0) is 30.4 Å². The molecule has 0 aromatic heterocycles. The average Bonchev–Trinajstić information content (AvgIpc) is 2.41. The third kappa shape index (κ3) is 2.82. The van der Waals surface area contributed by atoms with Crippen LogP contribution in [0.1, 0.15) is 31.4 Å². The second-order valence-corrected chi connectivity index (χ2v) is 8.19. The molecule has 0 spiro atoms. The van der Waals surface area contributed by atoms with Crippen molar-refractivity contribution < 1.29 is 8.42 Å². The minimum atomic E-state index is -3.67. The number of nitrogens with two attached hydrogens (primary N) is 1. The maximum atomic E-state index is 12.8. The van der Waals surface area contributed by atoms with Crippen molar-refractivity contribution in [2.24, 2.45) is 11.1 Å². The molecule has 1 heterocycles. The first-order chi connectivity index (χ1) is 9.70. The number of hydrogen-bond donors (Lipinski definition) is 1. The number of nitriles is 1. The van der Waals surface area contributed by atoms with Crippen LogP contribution in [0.5, 0.6) is 0 Å². The van der Waals surface area contributed by atoms with E-state index < -0.39 is 10.0 Å². The van der Waals surface area contributed by atoms with E-state index >= 15 is 0 Å². The first kappa shape index (κ1) is 16.0. The molecule has 1 aliphatic heterocycles. The van der Waals surface area contributed by atoms with Gasteiger partial charge in [0.2, 0.25) is 10.0 Å². The lowest BCUT2D eigenvalue weighted by atomic mass is 9.81. The lowest BCUT2D eigenvalue weighted by Crippen LogP contribution is -2.53. The van der Waals surface area contributed by atoms with Crippen molar-refractivity contribution >= 4 is 10.0 Å². The van der Waals surface area contributed by atoms with E-state index in [4.69, 9.17) is 5.73 Å². The molecule has 0 radical (unpaired) electrons. The second kappa shape index (κ2) is 5.41. The fraction of sp³-hybridized carbons (Fsp3) is 0.533. The molecular formula is C15H21N3O2S. The summed E-state index contributed by atoms with van der Waals surface area (Å²) in [5.41, 5.74) is 6.69.